The first kappa shape index (κ1) is 10.7. The Balaban J connectivity index is 1.98. The fourth-order valence-corrected chi connectivity index (χ4v) is 2.06. The molecule has 1 aliphatic carbocycles. The van der Waals surface area contributed by atoms with Crippen LogP contribution in [0.5, 0.6) is 0 Å². The molecule has 1 atom stereocenters. The second-order valence-corrected chi connectivity index (χ2v) is 5.09. The van der Waals surface area contributed by atoms with Gasteiger partial charge in [-0.25, -0.2) is 0 Å². The fourth-order valence-electron chi connectivity index (χ4n) is 2.06. The van der Waals surface area contributed by atoms with Crippen molar-refractivity contribution >= 4 is 0 Å². The van der Waals surface area contributed by atoms with Crippen molar-refractivity contribution in [2.24, 2.45) is 5.41 Å². The second kappa shape index (κ2) is 4.36. The summed E-state index contributed by atoms with van der Waals surface area (Å²) in [6.45, 7) is 5.40. The molecule has 1 unspecified atom stereocenters. The lowest BCUT2D eigenvalue weighted by atomic mass is 9.93. The molecule has 15 heavy (non-hydrogen) atoms. The molecule has 0 amide bonds. The van der Waals surface area contributed by atoms with Crippen LogP contribution in [0.15, 0.2) is 36.0 Å². The highest BCUT2D eigenvalue weighted by Gasteiger charge is 2.17. The molecule has 0 aromatic heterocycles. The lowest BCUT2D eigenvalue weighted by Gasteiger charge is -2.13. The van der Waals surface area contributed by atoms with E-state index < -0.39 is 0 Å². The molecule has 2 rings (SSSR count). The monoisotopic (exact) mass is 204 g/mol. The van der Waals surface area contributed by atoms with Gasteiger partial charge >= 0.3 is 0 Å². The summed E-state index contributed by atoms with van der Waals surface area (Å²) in [5.74, 6) is 0. The maximum absolute atomic E-state index is 5.65. The van der Waals surface area contributed by atoms with Crippen LogP contribution in [0.1, 0.15) is 33.1 Å². The summed E-state index contributed by atoms with van der Waals surface area (Å²) in [5.41, 5.74) is 1.58. The van der Waals surface area contributed by atoms with E-state index in [0.717, 1.165) is 13.0 Å². The zero-order valence-electron chi connectivity index (χ0n) is 9.70. The molecule has 1 fully saturated rings. The summed E-state index contributed by atoms with van der Waals surface area (Å²) in [6.07, 6.45) is 15.1. The van der Waals surface area contributed by atoms with Gasteiger partial charge in [-0.3, -0.25) is 0 Å². The van der Waals surface area contributed by atoms with Crippen molar-refractivity contribution in [2.75, 3.05) is 6.61 Å². The van der Waals surface area contributed by atoms with Crippen molar-refractivity contribution < 1.29 is 4.74 Å². The average Bonchev–Trinajstić information content (AvgIpc) is 2.60. The quantitative estimate of drug-likeness (QED) is 0.667. The first-order chi connectivity index (χ1) is 7.16. The van der Waals surface area contributed by atoms with Gasteiger partial charge in [-0.15, -0.1) is 0 Å². The summed E-state index contributed by atoms with van der Waals surface area (Å²) >= 11 is 0. The molecule has 1 heteroatoms. The minimum Gasteiger partial charge on any atom is -0.378 e. The van der Waals surface area contributed by atoms with Crippen LogP contribution in [0.3, 0.4) is 0 Å². The van der Waals surface area contributed by atoms with E-state index in [0.29, 0.717) is 6.10 Å². The van der Waals surface area contributed by atoms with Crippen molar-refractivity contribution in [3.8, 4) is 0 Å². The smallest absolute Gasteiger partial charge is 0.0616 e. The van der Waals surface area contributed by atoms with Gasteiger partial charge in [-0.05, 0) is 24.8 Å². The number of hydrogen-bond donors (Lipinski definition) is 0. The Hall–Kier alpha value is -0.820. The first-order valence-electron chi connectivity index (χ1n) is 5.85. The predicted octanol–water partition coefficient (Wildman–Crippen LogP) is 3.63. The van der Waals surface area contributed by atoms with Gasteiger partial charge in [0.2, 0.25) is 0 Å². The van der Waals surface area contributed by atoms with Gasteiger partial charge in [-0.1, -0.05) is 44.2 Å². The number of hydrogen-bond acceptors (Lipinski definition) is 1. The summed E-state index contributed by atoms with van der Waals surface area (Å²) in [5, 5.41) is 0. The van der Waals surface area contributed by atoms with E-state index >= 15 is 0 Å². The molecular formula is C14H20O. The Morgan fingerprint density at radius 2 is 2.27 bits per heavy atom. The van der Waals surface area contributed by atoms with Crippen LogP contribution in [0.25, 0.3) is 0 Å². The third-order valence-electron chi connectivity index (χ3n) is 3.05. The molecule has 0 spiro atoms. The van der Waals surface area contributed by atoms with Gasteiger partial charge in [-0.2, -0.15) is 0 Å². The molecule has 0 bridgehead atoms. The molecule has 2 aliphatic rings. The highest BCUT2D eigenvalue weighted by molar-refractivity contribution is 5.31. The van der Waals surface area contributed by atoms with E-state index in [1.54, 1.807) is 0 Å². The largest absolute Gasteiger partial charge is 0.378 e. The molecular weight excluding hydrogens is 184 g/mol. The molecule has 82 valence electrons. The van der Waals surface area contributed by atoms with Crippen LogP contribution in [0, 0.1) is 5.41 Å². The minimum atomic E-state index is 0.189. The molecule has 0 saturated carbocycles. The first-order valence-corrected chi connectivity index (χ1v) is 5.85. The van der Waals surface area contributed by atoms with Gasteiger partial charge in [0.25, 0.3) is 0 Å². The van der Waals surface area contributed by atoms with Crippen LogP contribution >= 0.6 is 0 Å². The Morgan fingerprint density at radius 3 is 3.00 bits per heavy atom. The van der Waals surface area contributed by atoms with E-state index in [2.05, 4.69) is 44.2 Å². The number of ether oxygens (including phenoxy) is 1. The van der Waals surface area contributed by atoms with Gasteiger partial charge in [0, 0.05) is 12.0 Å². The predicted molar refractivity (Wildman–Crippen MR) is 63.7 cm³/mol. The van der Waals surface area contributed by atoms with Crippen molar-refractivity contribution in [3.05, 3.63) is 36.0 Å². The molecule has 1 nitrogen and oxygen atoms in total. The van der Waals surface area contributed by atoms with E-state index in [4.69, 9.17) is 4.74 Å². The number of allylic oxidation sites excluding steroid dienone is 5. The number of rotatable bonds is 2. The summed E-state index contributed by atoms with van der Waals surface area (Å²) in [6, 6.07) is 0. The van der Waals surface area contributed by atoms with Crippen LogP contribution in [0.4, 0.5) is 0 Å². The summed E-state index contributed by atoms with van der Waals surface area (Å²) < 4.78 is 5.65. The highest BCUT2D eigenvalue weighted by Crippen LogP contribution is 2.26. The highest BCUT2D eigenvalue weighted by atomic mass is 16.5. The zero-order chi connectivity index (χ0) is 10.7. The maximum atomic E-state index is 5.65. The molecule has 0 N–H and O–H groups in total. The van der Waals surface area contributed by atoms with Crippen molar-refractivity contribution in [2.45, 2.75) is 39.2 Å². The van der Waals surface area contributed by atoms with Crippen LogP contribution in [-0.4, -0.2) is 12.7 Å². The summed E-state index contributed by atoms with van der Waals surface area (Å²) in [7, 11) is 0. The van der Waals surface area contributed by atoms with Crippen molar-refractivity contribution in [1.82, 2.24) is 0 Å². The third-order valence-corrected chi connectivity index (χ3v) is 3.05. The Bertz CT molecular complexity index is 301. The molecule has 0 radical (unpaired) electrons. The van der Waals surface area contributed by atoms with Gasteiger partial charge < -0.3 is 4.74 Å². The third kappa shape index (κ3) is 3.07. The zero-order valence-corrected chi connectivity index (χ0v) is 9.70. The molecule has 0 aromatic rings. The van der Waals surface area contributed by atoms with Crippen LogP contribution in [-0.2, 0) is 4.74 Å². The molecule has 1 saturated heterocycles. The second-order valence-electron chi connectivity index (χ2n) is 5.09. The van der Waals surface area contributed by atoms with Gasteiger partial charge in [0.15, 0.2) is 0 Å². The van der Waals surface area contributed by atoms with E-state index in [9.17, 15) is 0 Å². The Labute approximate surface area is 92.5 Å². The SMILES string of the molecule is CC1(C)C=CC=C(CC2CCCO2)C=C1. The normalized spacial score (nSPS) is 28.9. The van der Waals surface area contributed by atoms with Crippen LogP contribution in [0.2, 0.25) is 0 Å². The van der Waals surface area contributed by atoms with Crippen LogP contribution < -0.4 is 0 Å². The molecule has 0 aromatic carbocycles. The van der Waals surface area contributed by atoms with E-state index in [1.807, 2.05) is 0 Å². The fraction of sp³-hybridized carbons (Fsp3) is 0.571. The molecule has 1 aliphatic heterocycles. The van der Waals surface area contributed by atoms with Crippen molar-refractivity contribution in [3.63, 3.8) is 0 Å². The topological polar surface area (TPSA) is 9.23 Å². The lowest BCUT2D eigenvalue weighted by molar-refractivity contribution is 0.112. The maximum Gasteiger partial charge on any atom is 0.0616 e. The van der Waals surface area contributed by atoms with E-state index in [-0.39, 0.29) is 5.41 Å². The Morgan fingerprint density at radius 1 is 1.40 bits per heavy atom. The van der Waals surface area contributed by atoms with Crippen molar-refractivity contribution in [1.29, 1.82) is 0 Å². The lowest BCUT2D eigenvalue weighted by Crippen LogP contribution is -2.05. The average molecular weight is 204 g/mol. The van der Waals surface area contributed by atoms with E-state index in [1.165, 1.54) is 18.4 Å². The minimum absolute atomic E-state index is 0.189. The van der Waals surface area contributed by atoms with Gasteiger partial charge in [0.1, 0.15) is 0 Å². The summed E-state index contributed by atoms with van der Waals surface area (Å²) in [4.78, 5) is 0. The Kier molecular flexibility index (Phi) is 3.11. The molecule has 1 heterocycles. The van der Waals surface area contributed by atoms with Gasteiger partial charge in [0.05, 0.1) is 6.10 Å². The standard InChI is InChI=1S/C14H20O/c1-14(2)8-3-5-12(7-9-14)11-13-6-4-10-15-13/h3,5,7-9,13H,4,6,10-11H2,1-2H3.